The standard InChI is InChI=1S/C22H26O7/c1-5-10-27-21(24)16-12-22(20(28-13-29-22)14(2)19(16)23)9-8-15-6-7-17(25-3)18(11-15)26-4/h5-7,11,16H,1,8-10,12-13H2,2-4H3/t16-,22+/m1/s1. The van der Waals surface area contributed by atoms with Gasteiger partial charge in [0.15, 0.2) is 24.1 Å². The molecule has 7 nitrogen and oxygen atoms in total. The Bertz CT molecular complexity index is 842. The van der Waals surface area contributed by atoms with Gasteiger partial charge in [0.25, 0.3) is 0 Å². The lowest BCUT2D eigenvalue weighted by molar-refractivity contribution is -0.153. The highest BCUT2D eigenvalue weighted by Gasteiger charge is 2.52. The van der Waals surface area contributed by atoms with Crippen LogP contribution in [0, 0.1) is 5.92 Å². The number of hydrogen-bond donors (Lipinski definition) is 0. The number of carbonyl (C=O) groups is 2. The first-order valence-electron chi connectivity index (χ1n) is 9.46. The fourth-order valence-corrected chi connectivity index (χ4v) is 3.90. The van der Waals surface area contributed by atoms with Gasteiger partial charge in [-0.2, -0.15) is 0 Å². The molecule has 2 atom stereocenters. The number of carbonyl (C=O) groups excluding carboxylic acids is 2. The summed E-state index contributed by atoms with van der Waals surface area (Å²) < 4.78 is 27.4. The normalized spacial score (nSPS) is 23.3. The van der Waals surface area contributed by atoms with Crippen LogP contribution in [-0.2, 0) is 30.2 Å². The van der Waals surface area contributed by atoms with Gasteiger partial charge in [-0.1, -0.05) is 18.7 Å². The van der Waals surface area contributed by atoms with Crippen LogP contribution in [0.1, 0.15) is 25.3 Å². The zero-order valence-corrected chi connectivity index (χ0v) is 17.0. The molecule has 0 spiro atoms. The summed E-state index contributed by atoms with van der Waals surface area (Å²) in [7, 11) is 3.18. The Kier molecular flexibility index (Phi) is 6.27. The molecule has 29 heavy (non-hydrogen) atoms. The van der Waals surface area contributed by atoms with Crippen LogP contribution in [0.4, 0.5) is 0 Å². The number of benzene rings is 1. The molecule has 3 rings (SSSR count). The SMILES string of the molecule is C=CCOC(=O)[C@@H]1C[C@]2(CCc3ccc(OC)c(OC)c3)OCOC2=C(C)C1=O. The summed E-state index contributed by atoms with van der Waals surface area (Å²) in [6.45, 7) is 5.32. The Morgan fingerprint density at radius 1 is 1.31 bits per heavy atom. The molecule has 0 aromatic heterocycles. The molecule has 0 radical (unpaired) electrons. The second-order valence-electron chi connectivity index (χ2n) is 7.08. The number of esters is 1. The van der Waals surface area contributed by atoms with Gasteiger partial charge in [0.1, 0.15) is 23.9 Å². The van der Waals surface area contributed by atoms with Gasteiger partial charge in [0, 0.05) is 12.0 Å². The highest BCUT2D eigenvalue weighted by molar-refractivity contribution is 6.09. The van der Waals surface area contributed by atoms with Crippen molar-refractivity contribution in [2.24, 2.45) is 5.92 Å². The van der Waals surface area contributed by atoms with E-state index >= 15 is 0 Å². The van der Waals surface area contributed by atoms with E-state index in [-0.39, 0.29) is 25.6 Å². The van der Waals surface area contributed by atoms with Crippen LogP contribution >= 0.6 is 0 Å². The van der Waals surface area contributed by atoms with E-state index in [2.05, 4.69) is 6.58 Å². The van der Waals surface area contributed by atoms with Crippen molar-refractivity contribution >= 4 is 11.8 Å². The lowest BCUT2D eigenvalue weighted by Crippen LogP contribution is -2.44. The van der Waals surface area contributed by atoms with Crippen LogP contribution in [0.25, 0.3) is 0 Å². The first-order chi connectivity index (χ1) is 14.0. The molecule has 1 aliphatic carbocycles. The van der Waals surface area contributed by atoms with Crippen molar-refractivity contribution in [1.29, 1.82) is 0 Å². The zero-order chi connectivity index (χ0) is 21.0. The van der Waals surface area contributed by atoms with Crippen molar-refractivity contribution in [2.75, 3.05) is 27.6 Å². The van der Waals surface area contributed by atoms with Gasteiger partial charge in [0.05, 0.1) is 14.2 Å². The van der Waals surface area contributed by atoms with E-state index < -0.39 is 17.5 Å². The van der Waals surface area contributed by atoms with Crippen molar-refractivity contribution in [3.63, 3.8) is 0 Å². The Balaban J connectivity index is 1.83. The number of hydrogen-bond acceptors (Lipinski definition) is 7. The maximum atomic E-state index is 12.7. The molecule has 0 saturated carbocycles. The number of ether oxygens (including phenoxy) is 5. The highest BCUT2D eigenvalue weighted by Crippen LogP contribution is 2.45. The smallest absolute Gasteiger partial charge is 0.317 e. The van der Waals surface area contributed by atoms with Crippen molar-refractivity contribution in [2.45, 2.75) is 31.8 Å². The number of fused-ring (bicyclic) bond motifs is 1. The van der Waals surface area contributed by atoms with E-state index in [1.807, 2.05) is 18.2 Å². The highest BCUT2D eigenvalue weighted by atomic mass is 16.7. The minimum absolute atomic E-state index is 0.0559. The topological polar surface area (TPSA) is 80.3 Å². The largest absolute Gasteiger partial charge is 0.493 e. The summed E-state index contributed by atoms with van der Waals surface area (Å²) in [4.78, 5) is 25.1. The average molecular weight is 402 g/mol. The molecule has 0 amide bonds. The molecule has 1 aromatic rings. The van der Waals surface area contributed by atoms with E-state index in [1.165, 1.54) is 6.08 Å². The van der Waals surface area contributed by atoms with E-state index in [4.69, 9.17) is 23.7 Å². The minimum Gasteiger partial charge on any atom is -0.493 e. The molecule has 1 heterocycles. The van der Waals surface area contributed by atoms with E-state index in [0.29, 0.717) is 35.7 Å². The Morgan fingerprint density at radius 3 is 2.76 bits per heavy atom. The van der Waals surface area contributed by atoms with Gasteiger partial charge in [0.2, 0.25) is 0 Å². The third kappa shape index (κ3) is 4.00. The average Bonchev–Trinajstić information content (AvgIpc) is 3.17. The molecule has 0 unspecified atom stereocenters. The molecule has 0 N–H and O–H groups in total. The number of ketones is 1. The summed E-state index contributed by atoms with van der Waals surface area (Å²) in [5.41, 5.74) is 0.608. The molecule has 1 aliphatic heterocycles. The minimum atomic E-state index is -0.911. The van der Waals surface area contributed by atoms with Crippen LogP contribution in [0.2, 0.25) is 0 Å². The molecular formula is C22H26O7. The Labute approximate surface area is 170 Å². The second kappa shape index (κ2) is 8.69. The zero-order valence-electron chi connectivity index (χ0n) is 17.0. The van der Waals surface area contributed by atoms with Crippen LogP contribution in [0.5, 0.6) is 11.5 Å². The summed E-state index contributed by atoms with van der Waals surface area (Å²) in [5.74, 6) is 0.0690. The number of aryl methyl sites for hydroxylation is 1. The summed E-state index contributed by atoms with van der Waals surface area (Å²) >= 11 is 0. The lowest BCUT2D eigenvalue weighted by Gasteiger charge is -2.35. The fourth-order valence-electron chi connectivity index (χ4n) is 3.90. The number of methoxy groups -OCH3 is 2. The van der Waals surface area contributed by atoms with Gasteiger partial charge in [-0.05, 0) is 37.5 Å². The molecule has 1 saturated heterocycles. The molecule has 1 aromatic carbocycles. The van der Waals surface area contributed by atoms with E-state index in [0.717, 1.165) is 5.56 Å². The van der Waals surface area contributed by atoms with Crippen LogP contribution in [0.15, 0.2) is 42.2 Å². The monoisotopic (exact) mass is 402 g/mol. The first-order valence-corrected chi connectivity index (χ1v) is 9.46. The van der Waals surface area contributed by atoms with Gasteiger partial charge in [-0.15, -0.1) is 0 Å². The third-order valence-electron chi connectivity index (χ3n) is 5.41. The molecular weight excluding hydrogens is 376 g/mol. The predicted molar refractivity (Wildman–Crippen MR) is 105 cm³/mol. The molecule has 156 valence electrons. The maximum Gasteiger partial charge on any atom is 0.317 e. The number of allylic oxidation sites excluding steroid dienone is 1. The first kappa shape index (κ1) is 20.9. The molecule has 1 fully saturated rings. The summed E-state index contributed by atoms with van der Waals surface area (Å²) in [5, 5.41) is 0. The van der Waals surface area contributed by atoms with Crippen LogP contribution in [-0.4, -0.2) is 45.0 Å². The van der Waals surface area contributed by atoms with Crippen molar-refractivity contribution < 1.29 is 33.3 Å². The number of rotatable bonds is 8. The third-order valence-corrected chi connectivity index (χ3v) is 5.41. The Hall–Kier alpha value is -2.80. The maximum absolute atomic E-state index is 12.7. The molecule has 0 bridgehead atoms. The van der Waals surface area contributed by atoms with Gasteiger partial charge in [-0.3, -0.25) is 9.59 Å². The second-order valence-corrected chi connectivity index (χ2v) is 7.08. The van der Waals surface area contributed by atoms with Gasteiger partial charge < -0.3 is 23.7 Å². The van der Waals surface area contributed by atoms with Crippen LogP contribution in [0.3, 0.4) is 0 Å². The van der Waals surface area contributed by atoms with E-state index in [9.17, 15) is 9.59 Å². The predicted octanol–water partition coefficient (Wildman–Crippen LogP) is 2.97. The van der Waals surface area contributed by atoms with Crippen molar-refractivity contribution in [3.8, 4) is 11.5 Å². The Morgan fingerprint density at radius 2 is 2.07 bits per heavy atom. The van der Waals surface area contributed by atoms with Gasteiger partial charge >= 0.3 is 5.97 Å². The van der Waals surface area contributed by atoms with E-state index in [1.54, 1.807) is 21.1 Å². The molecule has 7 heteroatoms. The number of Topliss-reactive ketones (excluding diaryl/α,β-unsaturated/α-hetero) is 1. The summed E-state index contributed by atoms with van der Waals surface area (Å²) in [6.07, 6.45) is 2.86. The van der Waals surface area contributed by atoms with Gasteiger partial charge in [-0.25, -0.2) is 0 Å². The lowest BCUT2D eigenvalue weighted by atomic mass is 9.75. The molecule has 2 aliphatic rings. The van der Waals surface area contributed by atoms with Crippen LogP contribution < -0.4 is 9.47 Å². The van der Waals surface area contributed by atoms with Crippen molar-refractivity contribution in [1.82, 2.24) is 0 Å². The fraction of sp³-hybridized carbons (Fsp3) is 0.455. The summed E-state index contributed by atoms with van der Waals surface area (Å²) in [6, 6.07) is 5.71. The quantitative estimate of drug-likeness (QED) is 0.376. The van der Waals surface area contributed by atoms with Crippen molar-refractivity contribution in [3.05, 3.63) is 47.7 Å².